The maximum Gasteiger partial charge on any atom is 0.339 e. The van der Waals surface area contributed by atoms with Gasteiger partial charge in [0.2, 0.25) is 5.91 Å². The molecule has 2 amide bonds. The van der Waals surface area contributed by atoms with Gasteiger partial charge < -0.3 is 20.1 Å². The summed E-state index contributed by atoms with van der Waals surface area (Å²) in [6.07, 6.45) is 1.68. The van der Waals surface area contributed by atoms with Crippen LogP contribution in [0.1, 0.15) is 10.4 Å². The number of carbonyl (C=O) groups excluding carboxylic acids is 3. The van der Waals surface area contributed by atoms with E-state index in [4.69, 9.17) is 9.47 Å². The smallest absolute Gasteiger partial charge is 0.339 e. The fourth-order valence-electron chi connectivity index (χ4n) is 2.86. The number of ether oxygens (including phenoxy) is 2. The number of fused-ring (bicyclic) bond motifs is 1. The van der Waals surface area contributed by atoms with E-state index in [9.17, 15) is 14.4 Å². The number of benzene rings is 2. The van der Waals surface area contributed by atoms with Crippen molar-refractivity contribution >= 4 is 46.1 Å². The lowest BCUT2D eigenvalue weighted by Gasteiger charge is -2.11. The normalized spacial score (nSPS) is 10.5. The summed E-state index contributed by atoms with van der Waals surface area (Å²) in [5.74, 6) is -1.12. The molecule has 0 bridgehead atoms. The highest BCUT2D eigenvalue weighted by Gasteiger charge is 2.16. The molecule has 2 aromatic carbocycles. The van der Waals surface area contributed by atoms with Gasteiger partial charge >= 0.3 is 5.97 Å². The molecule has 0 saturated carbocycles. The van der Waals surface area contributed by atoms with Crippen LogP contribution in [0, 0.1) is 0 Å². The van der Waals surface area contributed by atoms with Gasteiger partial charge in [-0.25, -0.2) is 4.79 Å². The Hall–Kier alpha value is -3.43. The quantitative estimate of drug-likeness (QED) is 0.276. The zero-order valence-electron chi connectivity index (χ0n) is 17.5. The van der Waals surface area contributed by atoms with Crippen molar-refractivity contribution in [1.29, 1.82) is 0 Å². The van der Waals surface area contributed by atoms with Crippen LogP contribution in [-0.4, -0.2) is 55.4 Å². The molecule has 0 atom stereocenters. The number of thioether (sulfide) groups is 1. The molecule has 32 heavy (non-hydrogen) atoms. The van der Waals surface area contributed by atoms with Crippen LogP contribution in [0.25, 0.3) is 10.9 Å². The number of carbonyl (C=O) groups is 3. The Morgan fingerprint density at radius 3 is 2.69 bits per heavy atom. The summed E-state index contributed by atoms with van der Waals surface area (Å²) >= 11 is 1.22. The summed E-state index contributed by atoms with van der Waals surface area (Å²) in [4.78, 5) is 41.6. The lowest BCUT2D eigenvalue weighted by atomic mass is 10.2. The van der Waals surface area contributed by atoms with Gasteiger partial charge in [0.1, 0.15) is 0 Å². The van der Waals surface area contributed by atoms with Crippen molar-refractivity contribution in [3.05, 3.63) is 66.4 Å². The number of pyridine rings is 1. The number of amides is 2. The first kappa shape index (κ1) is 23.2. The molecule has 0 radical (unpaired) electrons. The molecule has 3 aromatic rings. The molecular weight excluding hydrogens is 430 g/mol. The van der Waals surface area contributed by atoms with Crippen LogP contribution in [0.2, 0.25) is 0 Å². The second kappa shape index (κ2) is 11.8. The molecule has 0 fully saturated rings. The summed E-state index contributed by atoms with van der Waals surface area (Å²) in [6, 6.07) is 15.8. The van der Waals surface area contributed by atoms with Gasteiger partial charge in [0, 0.05) is 30.1 Å². The van der Waals surface area contributed by atoms with E-state index in [1.54, 1.807) is 55.8 Å². The van der Waals surface area contributed by atoms with Crippen molar-refractivity contribution in [2.75, 3.05) is 37.9 Å². The summed E-state index contributed by atoms with van der Waals surface area (Å²) in [5.41, 5.74) is 1.64. The van der Waals surface area contributed by atoms with Crippen molar-refractivity contribution in [3.63, 3.8) is 0 Å². The summed E-state index contributed by atoms with van der Waals surface area (Å²) in [6.45, 7) is 0.407. The molecular formula is C23H23N3O5S. The van der Waals surface area contributed by atoms with Crippen LogP contribution in [0.5, 0.6) is 0 Å². The number of esters is 1. The van der Waals surface area contributed by atoms with Crippen LogP contribution >= 0.6 is 11.8 Å². The first-order valence-corrected chi connectivity index (χ1v) is 10.8. The largest absolute Gasteiger partial charge is 0.452 e. The molecule has 1 aromatic heterocycles. The number of nitrogens with one attached hydrogen (secondary N) is 2. The molecule has 0 saturated heterocycles. The Balaban J connectivity index is 1.55. The summed E-state index contributed by atoms with van der Waals surface area (Å²) in [5, 5.41) is 6.26. The molecule has 0 aliphatic carbocycles. The minimum atomic E-state index is -0.636. The first-order valence-electron chi connectivity index (χ1n) is 9.86. The second-order valence-electron chi connectivity index (χ2n) is 6.63. The van der Waals surface area contributed by atoms with Crippen molar-refractivity contribution in [3.8, 4) is 0 Å². The van der Waals surface area contributed by atoms with E-state index in [2.05, 4.69) is 15.6 Å². The molecule has 1 heterocycles. The third-order valence-electron chi connectivity index (χ3n) is 4.35. The molecule has 166 valence electrons. The van der Waals surface area contributed by atoms with Crippen LogP contribution < -0.4 is 10.6 Å². The van der Waals surface area contributed by atoms with Gasteiger partial charge in [-0.05, 0) is 36.4 Å². The predicted molar refractivity (Wildman–Crippen MR) is 123 cm³/mol. The van der Waals surface area contributed by atoms with Crippen molar-refractivity contribution in [2.45, 2.75) is 4.90 Å². The maximum atomic E-state index is 12.5. The highest BCUT2D eigenvalue weighted by atomic mass is 32.2. The standard InChI is InChI=1S/C23H23N3O5S/c1-30-13-12-25-22(28)15-32-20-10-3-2-6-17(20)23(29)31-14-21(27)26-19-9-4-8-18-16(19)7-5-11-24-18/h2-11H,12-15H2,1H3,(H,25,28)(H,26,27). The van der Waals surface area contributed by atoms with Crippen molar-refractivity contribution in [2.24, 2.45) is 0 Å². The van der Waals surface area contributed by atoms with Crippen molar-refractivity contribution < 1.29 is 23.9 Å². The van der Waals surface area contributed by atoms with Crippen LogP contribution in [0.4, 0.5) is 5.69 Å². The first-order chi connectivity index (χ1) is 15.6. The molecule has 9 heteroatoms. The number of hydrogen-bond donors (Lipinski definition) is 2. The zero-order valence-corrected chi connectivity index (χ0v) is 18.3. The molecule has 0 aliphatic rings. The summed E-state index contributed by atoms with van der Waals surface area (Å²) in [7, 11) is 1.56. The Labute approximate surface area is 189 Å². The van der Waals surface area contributed by atoms with E-state index in [1.165, 1.54) is 11.8 Å². The number of nitrogens with zero attached hydrogens (tertiary/aromatic N) is 1. The number of aromatic nitrogens is 1. The Morgan fingerprint density at radius 2 is 1.84 bits per heavy atom. The Morgan fingerprint density at radius 1 is 1.00 bits per heavy atom. The Kier molecular flexibility index (Phi) is 8.59. The van der Waals surface area contributed by atoms with E-state index >= 15 is 0 Å². The predicted octanol–water partition coefficient (Wildman–Crippen LogP) is 2.89. The number of anilines is 1. The number of hydrogen-bond acceptors (Lipinski definition) is 7. The number of rotatable bonds is 10. The molecule has 2 N–H and O–H groups in total. The van der Waals surface area contributed by atoms with Crippen LogP contribution in [0.3, 0.4) is 0 Å². The highest BCUT2D eigenvalue weighted by molar-refractivity contribution is 8.00. The van der Waals surface area contributed by atoms with Crippen molar-refractivity contribution in [1.82, 2.24) is 10.3 Å². The average molecular weight is 454 g/mol. The van der Waals surface area contributed by atoms with Gasteiger partial charge in [-0.15, -0.1) is 11.8 Å². The maximum absolute atomic E-state index is 12.5. The molecule has 0 spiro atoms. The average Bonchev–Trinajstić information content (AvgIpc) is 2.82. The van der Waals surface area contributed by atoms with Gasteiger partial charge in [-0.1, -0.05) is 18.2 Å². The van der Waals surface area contributed by atoms with Gasteiger partial charge in [0.05, 0.1) is 29.1 Å². The van der Waals surface area contributed by atoms with Crippen LogP contribution in [0.15, 0.2) is 65.7 Å². The topological polar surface area (TPSA) is 107 Å². The molecule has 0 unspecified atom stereocenters. The summed E-state index contributed by atoms with van der Waals surface area (Å²) < 4.78 is 10.1. The molecule has 0 aliphatic heterocycles. The van der Waals surface area contributed by atoms with Gasteiger partial charge in [0.15, 0.2) is 6.61 Å². The van der Waals surface area contributed by atoms with Gasteiger partial charge in [0.25, 0.3) is 5.91 Å². The third kappa shape index (κ3) is 6.53. The SMILES string of the molecule is COCCNC(=O)CSc1ccccc1C(=O)OCC(=O)Nc1cccc2ncccc12. The van der Waals surface area contributed by atoms with E-state index in [0.717, 1.165) is 10.9 Å². The monoisotopic (exact) mass is 453 g/mol. The second-order valence-corrected chi connectivity index (χ2v) is 7.64. The molecule has 3 rings (SSSR count). The molecule has 8 nitrogen and oxygen atoms in total. The fraction of sp³-hybridized carbons (Fsp3) is 0.217. The zero-order chi connectivity index (χ0) is 22.8. The lowest BCUT2D eigenvalue weighted by molar-refractivity contribution is -0.119. The van der Waals surface area contributed by atoms with E-state index < -0.39 is 18.5 Å². The van der Waals surface area contributed by atoms with Crippen LogP contribution in [-0.2, 0) is 19.1 Å². The third-order valence-corrected chi connectivity index (χ3v) is 5.42. The van der Waals surface area contributed by atoms with Gasteiger partial charge in [-0.2, -0.15) is 0 Å². The Bertz CT molecular complexity index is 1100. The van der Waals surface area contributed by atoms with Gasteiger partial charge in [-0.3, -0.25) is 14.6 Å². The highest BCUT2D eigenvalue weighted by Crippen LogP contribution is 2.24. The van der Waals surface area contributed by atoms with E-state index in [0.29, 0.717) is 29.3 Å². The van der Waals surface area contributed by atoms with E-state index in [-0.39, 0.29) is 11.7 Å². The van der Waals surface area contributed by atoms with E-state index in [1.807, 2.05) is 12.1 Å². The lowest BCUT2D eigenvalue weighted by Crippen LogP contribution is -2.28. The minimum absolute atomic E-state index is 0.142. The fourth-order valence-corrected chi connectivity index (χ4v) is 3.73. The number of methoxy groups -OCH3 is 1. The minimum Gasteiger partial charge on any atom is -0.452 e.